The maximum Gasteiger partial charge on any atom is 0.226 e. The van der Waals surface area contributed by atoms with Crippen LogP contribution < -0.4 is 0 Å². The third kappa shape index (κ3) is 3.81. The lowest BCUT2D eigenvalue weighted by Crippen LogP contribution is -2.37. The van der Waals surface area contributed by atoms with Crippen molar-refractivity contribution in [2.45, 2.75) is 40.7 Å². The Morgan fingerprint density at radius 1 is 1.28 bits per heavy atom. The van der Waals surface area contributed by atoms with Crippen molar-refractivity contribution in [2.75, 3.05) is 26.2 Å². The second kappa shape index (κ2) is 6.94. The van der Waals surface area contributed by atoms with Crippen molar-refractivity contribution in [2.24, 2.45) is 24.3 Å². The maximum atomic E-state index is 13.1. The minimum Gasteiger partial charge on any atom is -0.341 e. The molecule has 0 radical (unpaired) electrons. The normalized spacial score (nSPS) is 26.2. The van der Waals surface area contributed by atoms with Gasteiger partial charge in [0.15, 0.2) is 0 Å². The number of aromatic nitrogens is 2. The van der Waals surface area contributed by atoms with Gasteiger partial charge in [0.05, 0.1) is 12.5 Å². The molecule has 2 heterocycles. The molecule has 3 rings (SSSR count). The Labute approximate surface area is 151 Å². The zero-order valence-electron chi connectivity index (χ0n) is 16.3. The van der Waals surface area contributed by atoms with E-state index in [4.69, 9.17) is 0 Å². The SMILES string of the molecule is CC(C)=C[C@@H]1[C@@H](C(=O)N2CCCN(Cc3nccn3C)CC2)C1(C)C. The van der Waals surface area contributed by atoms with Crippen LogP contribution in [0.4, 0.5) is 0 Å². The fourth-order valence-corrected chi connectivity index (χ4v) is 4.11. The molecule has 0 aromatic carbocycles. The fourth-order valence-electron chi connectivity index (χ4n) is 4.11. The summed E-state index contributed by atoms with van der Waals surface area (Å²) in [4.78, 5) is 22.0. The molecule has 1 aromatic heterocycles. The van der Waals surface area contributed by atoms with E-state index in [-0.39, 0.29) is 11.3 Å². The molecule has 138 valence electrons. The number of amides is 1. The van der Waals surface area contributed by atoms with Crippen LogP contribution in [0, 0.1) is 17.3 Å². The van der Waals surface area contributed by atoms with Crippen molar-refractivity contribution in [3.63, 3.8) is 0 Å². The third-order valence-corrected chi connectivity index (χ3v) is 5.88. The van der Waals surface area contributed by atoms with Gasteiger partial charge in [-0.1, -0.05) is 25.5 Å². The van der Waals surface area contributed by atoms with E-state index in [1.807, 2.05) is 19.4 Å². The van der Waals surface area contributed by atoms with Gasteiger partial charge in [-0.25, -0.2) is 4.98 Å². The average Bonchev–Trinajstić information content (AvgIpc) is 2.96. The minimum absolute atomic E-state index is 0.104. The number of aryl methyl sites for hydroxylation is 1. The van der Waals surface area contributed by atoms with Gasteiger partial charge in [0, 0.05) is 45.6 Å². The monoisotopic (exact) mass is 344 g/mol. The molecule has 0 bridgehead atoms. The van der Waals surface area contributed by atoms with Crippen molar-refractivity contribution in [3.05, 3.63) is 29.9 Å². The van der Waals surface area contributed by atoms with Crippen LogP contribution in [0.15, 0.2) is 24.0 Å². The van der Waals surface area contributed by atoms with Gasteiger partial charge in [-0.2, -0.15) is 0 Å². The van der Waals surface area contributed by atoms with Gasteiger partial charge in [0.2, 0.25) is 5.91 Å². The Morgan fingerprint density at radius 2 is 2.04 bits per heavy atom. The van der Waals surface area contributed by atoms with Crippen LogP contribution in [0.3, 0.4) is 0 Å². The number of rotatable bonds is 4. The first-order valence-electron chi connectivity index (χ1n) is 9.43. The zero-order valence-corrected chi connectivity index (χ0v) is 16.3. The Morgan fingerprint density at radius 3 is 2.68 bits per heavy atom. The number of imidazole rings is 1. The quantitative estimate of drug-likeness (QED) is 0.789. The minimum atomic E-state index is 0.104. The molecule has 1 amide bonds. The van der Waals surface area contributed by atoms with Crippen molar-refractivity contribution in [1.82, 2.24) is 19.4 Å². The summed E-state index contributed by atoms with van der Waals surface area (Å²) in [5.74, 6) is 2.00. The fraction of sp³-hybridized carbons (Fsp3) is 0.700. The van der Waals surface area contributed by atoms with Crippen molar-refractivity contribution in [3.8, 4) is 0 Å². The first-order valence-corrected chi connectivity index (χ1v) is 9.43. The van der Waals surface area contributed by atoms with E-state index >= 15 is 0 Å². The molecule has 5 nitrogen and oxygen atoms in total. The summed E-state index contributed by atoms with van der Waals surface area (Å²) in [7, 11) is 2.04. The number of hydrogen-bond acceptors (Lipinski definition) is 3. The molecule has 1 saturated heterocycles. The molecule has 1 aliphatic heterocycles. The summed E-state index contributed by atoms with van der Waals surface area (Å²) >= 11 is 0. The topological polar surface area (TPSA) is 41.4 Å². The summed E-state index contributed by atoms with van der Waals surface area (Å²) in [6.07, 6.45) is 7.16. The van der Waals surface area contributed by atoms with Gasteiger partial charge in [-0.05, 0) is 31.6 Å². The highest BCUT2D eigenvalue weighted by molar-refractivity contribution is 5.83. The Balaban J connectivity index is 1.59. The van der Waals surface area contributed by atoms with E-state index in [1.165, 1.54) is 5.57 Å². The van der Waals surface area contributed by atoms with Crippen LogP contribution in [0.5, 0.6) is 0 Å². The van der Waals surface area contributed by atoms with Gasteiger partial charge in [-0.15, -0.1) is 0 Å². The maximum absolute atomic E-state index is 13.1. The number of allylic oxidation sites excluding steroid dienone is 2. The van der Waals surface area contributed by atoms with Crippen molar-refractivity contribution >= 4 is 5.91 Å². The van der Waals surface area contributed by atoms with Crippen LogP contribution in [-0.4, -0.2) is 51.4 Å². The summed E-state index contributed by atoms with van der Waals surface area (Å²) in [5, 5.41) is 0. The summed E-state index contributed by atoms with van der Waals surface area (Å²) in [6, 6.07) is 0. The summed E-state index contributed by atoms with van der Waals surface area (Å²) in [6.45, 7) is 13.2. The van der Waals surface area contributed by atoms with E-state index in [1.54, 1.807) is 0 Å². The number of carbonyl (C=O) groups is 1. The highest BCUT2D eigenvalue weighted by atomic mass is 16.2. The standard InChI is InChI=1S/C20H32N4O/c1-15(2)13-16-18(20(16,3)4)19(25)24-9-6-8-23(11-12-24)14-17-21-7-10-22(17)5/h7,10,13,16,18H,6,8-9,11-12,14H2,1-5H3/t16-,18+/m1/s1. The molecular formula is C20H32N4O. The van der Waals surface area contributed by atoms with Gasteiger partial charge in [0.25, 0.3) is 0 Å². The lowest BCUT2D eigenvalue weighted by atomic mass is 10.1. The molecule has 2 aliphatic rings. The van der Waals surface area contributed by atoms with E-state index < -0.39 is 0 Å². The molecule has 1 aromatic rings. The number of carbonyl (C=O) groups excluding carboxylic acids is 1. The summed E-state index contributed by atoms with van der Waals surface area (Å²) in [5.41, 5.74) is 1.42. The lowest BCUT2D eigenvalue weighted by molar-refractivity contribution is -0.133. The predicted molar refractivity (Wildman–Crippen MR) is 99.9 cm³/mol. The van der Waals surface area contributed by atoms with Crippen LogP contribution in [0.25, 0.3) is 0 Å². The van der Waals surface area contributed by atoms with Crippen LogP contribution in [-0.2, 0) is 18.4 Å². The highest BCUT2D eigenvalue weighted by Crippen LogP contribution is 2.60. The molecule has 0 N–H and O–H groups in total. The van der Waals surface area contributed by atoms with Gasteiger partial charge in [0.1, 0.15) is 5.82 Å². The second-order valence-corrected chi connectivity index (χ2v) is 8.48. The number of hydrogen-bond donors (Lipinski definition) is 0. The van der Waals surface area contributed by atoms with Crippen LogP contribution in [0.2, 0.25) is 0 Å². The molecule has 2 atom stereocenters. The molecule has 2 fully saturated rings. The Bertz CT molecular complexity index is 656. The second-order valence-electron chi connectivity index (χ2n) is 8.48. The summed E-state index contributed by atoms with van der Waals surface area (Å²) < 4.78 is 2.07. The zero-order chi connectivity index (χ0) is 18.2. The van der Waals surface area contributed by atoms with Crippen LogP contribution >= 0.6 is 0 Å². The smallest absolute Gasteiger partial charge is 0.226 e. The van der Waals surface area contributed by atoms with E-state index in [0.29, 0.717) is 11.8 Å². The number of nitrogens with zero attached hydrogens (tertiary/aromatic N) is 4. The van der Waals surface area contributed by atoms with E-state index in [0.717, 1.165) is 45.0 Å². The van der Waals surface area contributed by atoms with E-state index in [9.17, 15) is 4.79 Å². The first kappa shape index (κ1) is 18.2. The molecular weight excluding hydrogens is 312 g/mol. The van der Waals surface area contributed by atoms with Crippen LogP contribution in [0.1, 0.15) is 39.9 Å². The largest absolute Gasteiger partial charge is 0.341 e. The predicted octanol–water partition coefficient (Wildman–Crippen LogP) is 2.69. The first-order chi connectivity index (χ1) is 11.8. The van der Waals surface area contributed by atoms with Gasteiger partial charge >= 0.3 is 0 Å². The Kier molecular flexibility index (Phi) is 5.05. The van der Waals surface area contributed by atoms with Gasteiger partial charge in [-0.3, -0.25) is 9.69 Å². The Hall–Kier alpha value is -1.62. The average molecular weight is 345 g/mol. The molecule has 25 heavy (non-hydrogen) atoms. The van der Waals surface area contributed by atoms with Gasteiger partial charge < -0.3 is 9.47 Å². The highest BCUT2D eigenvalue weighted by Gasteiger charge is 2.61. The molecule has 1 aliphatic carbocycles. The molecule has 5 heteroatoms. The third-order valence-electron chi connectivity index (χ3n) is 5.88. The van der Waals surface area contributed by atoms with Crippen molar-refractivity contribution < 1.29 is 4.79 Å². The molecule has 1 saturated carbocycles. The lowest BCUT2D eigenvalue weighted by Gasteiger charge is -2.22. The molecule has 0 spiro atoms. The van der Waals surface area contributed by atoms with Crippen molar-refractivity contribution in [1.29, 1.82) is 0 Å². The molecule has 0 unspecified atom stereocenters. The van der Waals surface area contributed by atoms with E-state index in [2.05, 4.69) is 53.1 Å².